The molecule has 2 bridgehead atoms. The number of hydrogen-bond acceptors (Lipinski definition) is 2. The molecule has 2 heteroatoms. The summed E-state index contributed by atoms with van der Waals surface area (Å²) in [7, 11) is 0. The van der Waals surface area contributed by atoms with E-state index in [1.54, 1.807) is 0 Å². The summed E-state index contributed by atoms with van der Waals surface area (Å²) in [5.41, 5.74) is 2.13. The van der Waals surface area contributed by atoms with Gasteiger partial charge in [0.15, 0.2) is 0 Å². The zero-order valence-electron chi connectivity index (χ0n) is 14.1. The topological polar surface area (TPSA) is 40.5 Å². The van der Waals surface area contributed by atoms with Crippen molar-refractivity contribution in [3.8, 4) is 0 Å². The summed E-state index contributed by atoms with van der Waals surface area (Å²) in [5.74, 6) is 2.08. The van der Waals surface area contributed by atoms with Crippen molar-refractivity contribution in [2.75, 3.05) is 13.2 Å². The van der Waals surface area contributed by atoms with Crippen molar-refractivity contribution < 1.29 is 10.2 Å². The summed E-state index contributed by atoms with van der Waals surface area (Å²) in [6.45, 7) is 7.23. The Bertz CT molecular complexity index is 480. The highest BCUT2D eigenvalue weighted by Crippen LogP contribution is 2.72. The lowest BCUT2D eigenvalue weighted by Crippen LogP contribution is -2.59. The van der Waals surface area contributed by atoms with Crippen molar-refractivity contribution >= 4 is 0 Å². The quantitative estimate of drug-likeness (QED) is 0.759. The number of hydrogen-bond donors (Lipinski definition) is 2. The SMILES string of the molecule is C=C1C[C@@]23CC[C@@H]4C(CO)(CO)CCC[C@]4(C)[C@@H]2CC[C@H]1C3. The molecule has 22 heavy (non-hydrogen) atoms. The summed E-state index contributed by atoms with van der Waals surface area (Å²) in [5, 5.41) is 20.2. The lowest BCUT2D eigenvalue weighted by Gasteiger charge is -2.64. The van der Waals surface area contributed by atoms with Gasteiger partial charge in [-0.15, -0.1) is 0 Å². The third kappa shape index (κ3) is 1.74. The van der Waals surface area contributed by atoms with Crippen LogP contribution in [0.5, 0.6) is 0 Å². The molecule has 4 aliphatic rings. The van der Waals surface area contributed by atoms with E-state index in [1.165, 1.54) is 56.9 Å². The average molecular weight is 304 g/mol. The summed E-state index contributed by atoms with van der Waals surface area (Å²) >= 11 is 0. The molecular weight excluding hydrogens is 272 g/mol. The number of aliphatic hydroxyl groups excluding tert-OH is 2. The first-order chi connectivity index (χ1) is 10.5. The predicted octanol–water partition coefficient (Wildman–Crippen LogP) is 3.92. The number of rotatable bonds is 2. The van der Waals surface area contributed by atoms with E-state index >= 15 is 0 Å². The van der Waals surface area contributed by atoms with Crippen LogP contribution in [0, 0.1) is 34.0 Å². The molecule has 124 valence electrons. The van der Waals surface area contributed by atoms with Gasteiger partial charge in [-0.3, -0.25) is 0 Å². The number of fused-ring (bicyclic) bond motifs is 3. The van der Waals surface area contributed by atoms with E-state index in [0.717, 1.165) is 18.3 Å². The molecule has 5 atom stereocenters. The molecule has 2 N–H and O–H groups in total. The second-order valence-electron chi connectivity index (χ2n) is 9.36. The molecule has 1 spiro atoms. The van der Waals surface area contributed by atoms with E-state index in [4.69, 9.17) is 0 Å². The lowest BCUT2D eigenvalue weighted by atomic mass is 9.41. The molecule has 4 rings (SSSR count). The summed E-state index contributed by atoms with van der Waals surface area (Å²) in [6.07, 6.45) is 11.3. The minimum Gasteiger partial charge on any atom is -0.396 e. The standard InChI is InChI=1S/C20H32O2/c1-14-10-19-9-6-17-18(2,16(19)5-4-15(14)11-19)7-3-8-20(17,12-21)13-22/h15-17,21-22H,1,3-13H2,2H3/t15-,16-,17-,18+,19+/m0/s1. The lowest BCUT2D eigenvalue weighted by molar-refractivity contribution is -0.175. The largest absolute Gasteiger partial charge is 0.396 e. The second kappa shape index (κ2) is 4.83. The van der Waals surface area contributed by atoms with Gasteiger partial charge in [0.1, 0.15) is 0 Å². The molecule has 0 aromatic carbocycles. The maximum Gasteiger partial charge on any atom is 0.0512 e. The Morgan fingerprint density at radius 1 is 1.05 bits per heavy atom. The fourth-order valence-electron chi connectivity index (χ4n) is 7.73. The summed E-state index contributed by atoms with van der Waals surface area (Å²) in [6, 6.07) is 0. The summed E-state index contributed by atoms with van der Waals surface area (Å²) < 4.78 is 0. The smallest absolute Gasteiger partial charge is 0.0512 e. The van der Waals surface area contributed by atoms with Crippen LogP contribution in [0.25, 0.3) is 0 Å². The number of allylic oxidation sites excluding steroid dienone is 1. The molecule has 0 aromatic heterocycles. The van der Waals surface area contributed by atoms with E-state index in [9.17, 15) is 10.2 Å². The van der Waals surface area contributed by atoms with Crippen LogP contribution in [-0.4, -0.2) is 23.4 Å². The van der Waals surface area contributed by atoms with Crippen LogP contribution in [0.2, 0.25) is 0 Å². The molecule has 0 unspecified atom stereocenters. The molecular formula is C20H32O2. The van der Waals surface area contributed by atoms with Gasteiger partial charge in [0.05, 0.1) is 13.2 Å². The fraction of sp³-hybridized carbons (Fsp3) is 0.900. The molecule has 0 aromatic rings. The van der Waals surface area contributed by atoms with Crippen molar-refractivity contribution in [1.82, 2.24) is 0 Å². The van der Waals surface area contributed by atoms with Crippen LogP contribution in [0.4, 0.5) is 0 Å². The van der Waals surface area contributed by atoms with Crippen LogP contribution in [0.15, 0.2) is 12.2 Å². The van der Waals surface area contributed by atoms with Crippen LogP contribution < -0.4 is 0 Å². The van der Waals surface area contributed by atoms with Crippen molar-refractivity contribution in [3.63, 3.8) is 0 Å². The van der Waals surface area contributed by atoms with Gasteiger partial charge in [-0.2, -0.15) is 0 Å². The third-order valence-electron chi connectivity index (χ3n) is 8.63. The Hall–Kier alpha value is -0.340. The molecule has 4 aliphatic carbocycles. The van der Waals surface area contributed by atoms with Gasteiger partial charge in [-0.25, -0.2) is 0 Å². The average Bonchev–Trinajstić information content (AvgIpc) is 2.75. The van der Waals surface area contributed by atoms with Gasteiger partial charge in [0.2, 0.25) is 0 Å². The predicted molar refractivity (Wildman–Crippen MR) is 88.3 cm³/mol. The first kappa shape index (κ1) is 15.2. The van der Waals surface area contributed by atoms with Gasteiger partial charge < -0.3 is 10.2 Å². The molecule has 4 saturated carbocycles. The van der Waals surface area contributed by atoms with Crippen molar-refractivity contribution in [1.29, 1.82) is 0 Å². The highest BCUT2D eigenvalue weighted by molar-refractivity contribution is 5.22. The van der Waals surface area contributed by atoms with Gasteiger partial charge >= 0.3 is 0 Å². The van der Waals surface area contributed by atoms with E-state index < -0.39 is 0 Å². The Kier molecular flexibility index (Phi) is 3.34. The minimum absolute atomic E-state index is 0.165. The van der Waals surface area contributed by atoms with Crippen LogP contribution in [0.3, 0.4) is 0 Å². The zero-order chi connectivity index (χ0) is 15.6. The Morgan fingerprint density at radius 3 is 2.55 bits per heavy atom. The first-order valence-corrected chi connectivity index (χ1v) is 9.39. The van der Waals surface area contributed by atoms with Crippen molar-refractivity contribution in [3.05, 3.63) is 12.2 Å². The van der Waals surface area contributed by atoms with Crippen LogP contribution in [0.1, 0.15) is 64.7 Å². The Labute approximate surface area is 135 Å². The van der Waals surface area contributed by atoms with Crippen molar-refractivity contribution in [2.45, 2.75) is 64.7 Å². The molecule has 2 nitrogen and oxygen atoms in total. The first-order valence-electron chi connectivity index (χ1n) is 9.39. The molecule has 0 aliphatic heterocycles. The van der Waals surface area contributed by atoms with Gasteiger partial charge in [0.25, 0.3) is 0 Å². The normalized spacial score (nSPS) is 49.6. The second-order valence-corrected chi connectivity index (χ2v) is 9.36. The van der Waals surface area contributed by atoms with Gasteiger partial charge in [0, 0.05) is 5.41 Å². The van der Waals surface area contributed by atoms with Gasteiger partial charge in [-0.05, 0) is 80.0 Å². The fourth-order valence-corrected chi connectivity index (χ4v) is 7.73. The summed E-state index contributed by atoms with van der Waals surface area (Å²) in [4.78, 5) is 0. The van der Waals surface area contributed by atoms with E-state index in [0.29, 0.717) is 16.7 Å². The highest BCUT2D eigenvalue weighted by Gasteiger charge is 2.64. The highest BCUT2D eigenvalue weighted by atomic mass is 16.3. The number of aliphatic hydroxyl groups is 2. The van der Waals surface area contributed by atoms with E-state index in [-0.39, 0.29) is 18.6 Å². The van der Waals surface area contributed by atoms with Crippen molar-refractivity contribution in [2.24, 2.45) is 34.0 Å². The minimum atomic E-state index is -0.221. The maximum absolute atomic E-state index is 10.1. The van der Waals surface area contributed by atoms with Crippen LogP contribution >= 0.6 is 0 Å². The monoisotopic (exact) mass is 304 g/mol. The maximum atomic E-state index is 10.1. The third-order valence-corrected chi connectivity index (χ3v) is 8.63. The molecule has 0 saturated heterocycles. The molecule has 0 amide bonds. The van der Waals surface area contributed by atoms with E-state index in [1.807, 2.05) is 0 Å². The van der Waals surface area contributed by atoms with Crippen LogP contribution in [-0.2, 0) is 0 Å². The zero-order valence-corrected chi connectivity index (χ0v) is 14.1. The van der Waals surface area contributed by atoms with Gasteiger partial charge in [-0.1, -0.05) is 25.5 Å². The molecule has 0 radical (unpaired) electrons. The Morgan fingerprint density at radius 2 is 1.82 bits per heavy atom. The Balaban J connectivity index is 1.73. The van der Waals surface area contributed by atoms with E-state index in [2.05, 4.69) is 13.5 Å². The molecule has 0 heterocycles. The molecule has 4 fully saturated rings.